The third kappa shape index (κ3) is 6.12. The van der Waals surface area contributed by atoms with Crippen LogP contribution in [0.5, 0.6) is 5.75 Å². The van der Waals surface area contributed by atoms with Crippen molar-refractivity contribution in [3.8, 4) is 17.2 Å². The summed E-state index contributed by atoms with van der Waals surface area (Å²) in [5.41, 5.74) is 5.96. The number of amides is 1. The van der Waals surface area contributed by atoms with Crippen molar-refractivity contribution in [2.45, 2.75) is 26.3 Å². The molecule has 7 nitrogen and oxygen atoms in total. The molecule has 0 spiro atoms. The van der Waals surface area contributed by atoms with E-state index in [0.717, 1.165) is 0 Å². The molecule has 0 unspecified atom stereocenters. The molecule has 0 saturated carbocycles. The molecule has 1 heterocycles. The maximum atomic E-state index is 12.4. The zero-order valence-corrected chi connectivity index (χ0v) is 15.6. The molecule has 0 radical (unpaired) electrons. The highest BCUT2D eigenvalue weighted by Gasteiger charge is 2.20. The van der Waals surface area contributed by atoms with E-state index in [-0.39, 0.29) is 37.3 Å². The van der Waals surface area contributed by atoms with E-state index in [1.54, 1.807) is 24.3 Å². The normalized spacial score (nSPS) is 11.7. The van der Waals surface area contributed by atoms with Gasteiger partial charge in [0.25, 0.3) is 17.6 Å². The number of nitrogens with zero attached hydrogens (tertiary/aromatic N) is 2. The number of hydrogen-bond donors (Lipinski definition) is 2. The smallest absolute Gasteiger partial charge is 0.293 e. The summed E-state index contributed by atoms with van der Waals surface area (Å²) in [6.45, 7) is 5.75. The lowest BCUT2D eigenvalue weighted by molar-refractivity contribution is 0.0906. The Morgan fingerprint density at radius 2 is 2.00 bits per heavy atom. The average Bonchev–Trinajstić information content (AvgIpc) is 3.05. The fourth-order valence-corrected chi connectivity index (χ4v) is 1.83. The number of carbonyl (C=O) groups is 1. The van der Waals surface area contributed by atoms with Gasteiger partial charge in [-0.1, -0.05) is 5.16 Å². The van der Waals surface area contributed by atoms with E-state index in [1.807, 2.05) is 20.8 Å². The van der Waals surface area contributed by atoms with Crippen molar-refractivity contribution in [2.24, 2.45) is 5.73 Å². The summed E-state index contributed by atoms with van der Waals surface area (Å²) in [6, 6.07) is 6.77. The summed E-state index contributed by atoms with van der Waals surface area (Å²) in [4.78, 5) is 16.1. The molecule has 26 heavy (non-hydrogen) atoms. The molecule has 2 rings (SSSR count). The quantitative estimate of drug-likeness (QED) is 0.793. The maximum absolute atomic E-state index is 12.4. The summed E-state index contributed by atoms with van der Waals surface area (Å²) in [5.74, 6) is 0.319. The number of aromatic nitrogens is 2. The number of ether oxygens (including phenoxy) is 1. The largest absolute Gasteiger partial charge is 0.489 e. The van der Waals surface area contributed by atoms with Crippen LogP contribution in [0.4, 0.5) is 4.39 Å². The fraction of sp³-hybridized carbons (Fsp3) is 0.353. The molecule has 0 aliphatic heterocycles. The first-order valence-electron chi connectivity index (χ1n) is 7.70. The Morgan fingerprint density at radius 3 is 2.54 bits per heavy atom. The van der Waals surface area contributed by atoms with Gasteiger partial charge in [0.2, 0.25) is 0 Å². The molecule has 2 aromatic rings. The molecular formula is C17H22ClFN4O3. The van der Waals surface area contributed by atoms with Crippen LogP contribution in [0.3, 0.4) is 0 Å². The van der Waals surface area contributed by atoms with Crippen LogP contribution in [0, 0.1) is 0 Å². The zero-order chi connectivity index (χ0) is 18.4. The number of carbonyl (C=O) groups excluding carboxylic acids is 1. The summed E-state index contributed by atoms with van der Waals surface area (Å²) >= 11 is 0. The summed E-state index contributed by atoms with van der Waals surface area (Å²) in [6.07, 6.45) is 0.441. The first-order chi connectivity index (χ1) is 11.8. The predicted octanol–water partition coefficient (Wildman–Crippen LogP) is 2.88. The standard InChI is InChI=1S/C17H21FN4O3.ClH/c1-17(2,3)21-15(23)14-20-16(25-22-14)12-4-6-13(7-5-12)24-10-11(8-18)9-19;/h4-8H,9-10,19H2,1-3H3,(H,21,23);1H/b11-8+;. The minimum atomic E-state index is -0.408. The van der Waals surface area contributed by atoms with Crippen LogP contribution >= 0.6 is 12.4 Å². The Morgan fingerprint density at radius 1 is 1.35 bits per heavy atom. The van der Waals surface area contributed by atoms with Crippen LogP contribution in [-0.2, 0) is 0 Å². The summed E-state index contributed by atoms with van der Waals surface area (Å²) in [7, 11) is 0. The van der Waals surface area contributed by atoms with Crippen LogP contribution in [0.15, 0.2) is 40.7 Å². The number of rotatable bonds is 6. The number of hydrogen-bond acceptors (Lipinski definition) is 6. The Bertz CT molecular complexity index is 754. The van der Waals surface area contributed by atoms with Gasteiger partial charge < -0.3 is 20.3 Å². The minimum Gasteiger partial charge on any atom is -0.489 e. The van der Waals surface area contributed by atoms with Crippen LogP contribution < -0.4 is 15.8 Å². The monoisotopic (exact) mass is 384 g/mol. The lowest BCUT2D eigenvalue weighted by Crippen LogP contribution is -2.41. The molecule has 0 bridgehead atoms. The second kappa shape index (κ2) is 9.30. The van der Waals surface area contributed by atoms with Crippen molar-refractivity contribution in [1.29, 1.82) is 0 Å². The van der Waals surface area contributed by atoms with E-state index >= 15 is 0 Å². The van der Waals surface area contributed by atoms with E-state index in [4.69, 9.17) is 15.0 Å². The highest BCUT2D eigenvalue weighted by Crippen LogP contribution is 2.21. The van der Waals surface area contributed by atoms with Gasteiger partial charge in [-0.3, -0.25) is 4.79 Å². The van der Waals surface area contributed by atoms with Gasteiger partial charge in [-0.2, -0.15) is 4.98 Å². The molecule has 0 fully saturated rings. The Balaban J connectivity index is 0.00000338. The van der Waals surface area contributed by atoms with Crippen molar-refractivity contribution in [3.05, 3.63) is 42.0 Å². The molecule has 0 atom stereocenters. The first kappa shape index (κ1) is 21.6. The van der Waals surface area contributed by atoms with Gasteiger partial charge in [-0.25, -0.2) is 4.39 Å². The van der Waals surface area contributed by atoms with Crippen molar-refractivity contribution >= 4 is 18.3 Å². The van der Waals surface area contributed by atoms with Crippen LogP contribution in [0.1, 0.15) is 31.4 Å². The highest BCUT2D eigenvalue weighted by atomic mass is 35.5. The fourth-order valence-electron chi connectivity index (χ4n) is 1.83. The van der Waals surface area contributed by atoms with Crippen LogP contribution in [-0.4, -0.2) is 34.7 Å². The van der Waals surface area contributed by atoms with E-state index < -0.39 is 11.4 Å². The van der Waals surface area contributed by atoms with Gasteiger partial charge in [0.05, 0.1) is 6.33 Å². The average molecular weight is 385 g/mol. The van der Waals surface area contributed by atoms with Crippen LogP contribution in [0.25, 0.3) is 11.5 Å². The summed E-state index contributed by atoms with van der Waals surface area (Å²) < 4.78 is 23.0. The van der Waals surface area contributed by atoms with Crippen molar-refractivity contribution in [3.63, 3.8) is 0 Å². The molecular weight excluding hydrogens is 363 g/mol. The van der Waals surface area contributed by atoms with E-state index in [1.165, 1.54) is 0 Å². The number of halogens is 2. The Kier molecular flexibility index (Phi) is 7.73. The second-order valence-corrected chi connectivity index (χ2v) is 6.41. The van der Waals surface area contributed by atoms with E-state index in [0.29, 0.717) is 23.2 Å². The molecule has 1 aromatic heterocycles. The molecule has 142 valence electrons. The van der Waals surface area contributed by atoms with Gasteiger partial charge >= 0.3 is 0 Å². The number of nitrogens with two attached hydrogens (primary N) is 1. The third-order valence-corrected chi connectivity index (χ3v) is 3.06. The van der Waals surface area contributed by atoms with Crippen molar-refractivity contribution in [2.75, 3.05) is 13.2 Å². The van der Waals surface area contributed by atoms with Gasteiger partial charge in [-0.05, 0) is 45.0 Å². The topological polar surface area (TPSA) is 103 Å². The van der Waals surface area contributed by atoms with E-state index in [2.05, 4.69) is 15.5 Å². The molecule has 1 amide bonds. The molecule has 3 N–H and O–H groups in total. The van der Waals surface area contributed by atoms with Gasteiger partial charge in [-0.15, -0.1) is 12.4 Å². The number of benzene rings is 1. The number of nitrogens with one attached hydrogen (secondary N) is 1. The minimum absolute atomic E-state index is 0. The Labute approximate surface area is 157 Å². The molecule has 0 aliphatic carbocycles. The van der Waals surface area contributed by atoms with Gasteiger partial charge in [0.15, 0.2) is 0 Å². The van der Waals surface area contributed by atoms with Crippen molar-refractivity contribution < 1.29 is 18.4 Å². The molecule has 0 aliphatic rings. The zero-order valence-electron chi connectivity index (χ0n) is 14.8. The van der Waals surface area contributed by atoms with E-state index in [9.17, 15) is 9.18 Å². The molecule has 1 aromatic carbocycles. The van der Waals surface area contributed by atoms with Gasteiger partial charge in [0, 0.05) is 23.2 Å². The van der Waals surface area contributed by atoms with Gasteiger partial charge in [0.1, 0.15) is 12.4 Å². The second-order valence-electron chi connectivity index (χ2n) is 6.41. The lowest BCUT2D eigenvalue weighted by Gasteiger charge is -2.18. The SMILES string of the molecule is CC(C)(C)NC(=O)c1noc(-c2ccc(OC/C(=C/F)CN)cc2)n1.Cl. The molecule has 0 saturated heterocycles. The summed E-state index contributed by atoms with van der Waals surface area (Å²) in [5, 5.41) is 6.45. The highest BCUT2D eigenvalue weighted by molar-refractivity contribution is 5.91. The predicted molar refractivity (Wildman–Crippen MR) is 97.9 cm³/mol. The van der Waals surface area contributed by atoms with Crippen molar-refractivity contribution in [1.82, 2.24) is 15.5 Å². The maximum Gasteiger partial charge on any atom is 0.293 e. The van der Waals surface area contributed by atoms with Crippen LogP contribution in [0.2, 0.25) is 0 Å². The lowest BCUT2D eigenvalue weighted by atomic mass is 10.1. The first-order valence-corrected chi connectivity index (χ1v) is 7.70. The third-order valence-electron chi connectivity index (χ3n) is 3.06. The Hall–Kier alpha value is -2.45. The molecule has 9 heteroatoms.